The second-order valence-corrected chi connectivity index (χ2v) is 5.04. The molecule has 0 aromatic carbocycles. The summed E-state index contributed by atoms with van der Waals surface area (Å²) in [6, 6.07) is 0. The number of halogens is 2. The quantitative estimate of drug-likeness (QED) is 0.571. The van der Waals surface area contributed by atoms with Gasteiger partial charge >= 0.3 is 10.1 Å². The SMILES string of the molecule is [O]S(=O)(=O)C1CC1(Cl)Cl. The lowest BCUT2D eigenvalue weighted by molar-refractivity contribution is 0.412. The van der Waals surface area contributed by atoms with E-state index in [4.69, 9.17) is 23.2 Å². The van der Waals surface area contributed by atoms with Crippen molar-refractivity contribution in [2.24, 2.45) is 0 Å². The molecule has 0 saturated heterocycles. The highest BCUT2D eigenvalue weighted by molar-refractivity contribution is 7.86. The average Bonchev–Trinajstić information content (AvgIpc) is 2.10. The van der Waals surface area contributed by atoms with Crippen LogP contribution in [0.1, 0.15) is 6.42 Å². The zero-order valence-corrected chi connectivity index (χ0v) is 6.50. The van der Waals surface area contributed by atoms with Gasteiger partial charge in [-0.05, 0) is 0 Å². The van der Waals surface area contributed by atoms with Gasteiger partial charge in [0.25, 0.3) is 0 Å². The largest absolute Gasteiger partial charge is 0.300 e. The Labute approximate surface area is 62.7 Å². The Bertz CT molecular complexity index is 219. The van der Waals surface area contributed by atoms with Gasteiger partial charge in [-0.2, -0.15) is 8.42 Å². The molecule has 3 nitrogen and oxygen atoms in total. The van der Waals surface area contributed by atoms with Crippen LogP contribution in [0.15, 0.2) is 0 Å². The van der Waals surface area contributed by atoms with Gasteiger partial charge in [0.15, 0.2) is 0 Å². The lowest BCUT2D eigenvalue weighted by atomic mass is 10.9. The maximum Gasteiger partial charge on any atom is 0.300 e. The lowest BCUT2D eigenvalue weighted by Crippen LogP contribution is -2.08. The van der Waals surface area contributed by atoms with Crippen LogP contribution in [0.25, 0.3) is 0 Å². The third-order valence-electron chi connectivity index (χ3n) is 1.12. The van der Waals surface area contributed by atoms with Crippen molar-refractivity contribution in [3.8, 4) is 0 Å². The first-order valence-electron chi connectivity index (χ1n) is 2.16. The van der Waals surface area contributed by atoms with Crippen molar-refractivity contribution in [1.29, 1.82) is 0 Å². The molecule has 9 heavy (non-hydrogen) atoms. The summed E-state index contributed by atoms with van der Waals surface area (Å²) in [7, 11) is -4.25. The van der Waals surface area contributed by atoms with E-state index in [-0.39, 0.29) is 6.42 Å². The van der Waals surface area contributed by atoms with Crippen LogP contribution >= 0.6 is 23.2 Å². The maximum atomic E-state index is 10.1. The van der Waals surface area contributed by atoms with Gasteiger partial charge in [-0.25, -0.2) is 0 Å². The Balaban J connectivity index is 2.75. The molecule has 53 valence electrons. The van der Waals surface area contributed by atoms with Crippen molar-refractivity contribution in [3.63, 3.8) is 0 Å². The van der Waals surface area contributed by atoms with E-state index < -0.39 is 19.7 Å². The highest BCUT2D eigenvalue weighted by atomic mass is 35.5. The summed E-state index contributed by atoms with van der Waals surface area (Å²) in [5.74, 6) is 0. The van der Waals surface area contributed by atoms with Crippen LogP contribution in [-0.4, -0.2) is 18.0 Å². The zero-order valence-electron chi connectivity index (χ0n) is 4.17. The molecule has 0 N–H and O–H groups in total. The fourth-order valence-electron chi connectivity index (χ4n) is 0.501. The smallest absolute Gasteiger partial charge is 0.197 e. The molecule has 1 rings (SSSR count). The first-order valence-corrected chi connectivity index (χ1v) is 4.39. The van der Waals surface area contributed by atoms with Crippen LogP contribution < -0.4 is 0 Å². The summed E-state index contributed by atoms with van der Waals surface area (Å²) < 4.78 is 28.9. The van der Waals surface area contributed by atoms with Crippen molar-refractivity contribution in [2.75, 3.05) is 0 Å². The van der Waals surface area contributed by atoms with E-state index in [0.717, 1.165) is 0 Å². The van der Waals surface area contributed by atoms with Crippen LogP contribution in [0, 0.1) is 0 Å². The van der Waals surface area contributed by atoms with Gasteiger partial charge in [0.05, 0.1) is 0 Å². The number of alkyl halides is 2. The maximum absolute atomic E-state index is 10.1. The van der Waals surface area contributed by atoms with Gasteiger partial charge in [-0.1, -0.05) is 4.55 Å². The second kappa shape index (κ2) is 1.75. The molecular formula is C3H3Cl2O3S. The van der Waals surface area contributed by atoms with Gasteiger partial charge in [-0.3, -0.25) is 0 Å². The topological polar surface area (TPSA) is 54.0 Å². The van der Waals surface area contributed by atoms with Crippen molar-refractivity contribution in [1.82, 2.24) is 0 Å². The van der Waals surface area contributed by atoms with Gasteiger partial charge in [0.2, 0.25) is 0 Å². The molecule has 0 heterocycles. The van der Waals surface area contributed by atoms with Crippen molar-refractivity contribution >= 4 is 33.3 Å². The molecule has 0 aromatic heterocycles. The fourth-order valence-corrected chi connectivity index (χ4v) is 2.54. The zero-order chi connectivity index (χ0) is 7.28. The van der Waals surface area contributed by atoms with Crippen molar-refractivity contribution < 1.29 is 13.0 Å². The molecule has 1 aliphatic carbocycles. The van der Waals surface area contributed by atoms with Crippen molar-refractivity contribution in [2.45, 2.75) is 16.0 Å². The van der Waals surface area contributed by atoms with E-state index in [2.05, 4.69) is 0 Å². The molecule has 0 aliphatic heterocycles. The summed E-state index contributed by atoms with van der Waals surface area (Å²) in [4.78, 5) is 0. The monoisotopic (exact) mass is 189 g/mol. The number of hydrogen-bond donors (Lipinski definition) is 0. The molecule has 1 radical (unpaired) electrons. The van der Waals surface area contributed by atoms with Crippen LogP contribution in [0.2, 0.25) is 0 Å². The third-order valence-corrected chi connectivity index (χ3v) is 3.48. The highest BCUT2D eigenvalue weighted by Crippen LogP contribution is 2.51. The first kappa shape index (κ1) is 7.60. The fraction of sp³-hybridized carbons (Fsp3) is 1.00. The minimum absolute atomic E-state index is 0.0575. The molecule has 1 saturated carbocycles. The molecule has 1 atom stereocenters. The van der Waals surface area contributed by atoms with Gasteiger partial charge in [0, 0.05) is 6.42 Å². The minimum Gasteiger partial charge on any atom is -0.197 e. The highest BCUT2D eigenvalue weighted by Gasteiger charge is 2.60. The Kier molecular flexibility index (Phi) is 1.48. The third kappa shape index (κ3) is 1.49. The van der Waals surface area contributed by atoms with Crippen molar-refractivity contribution in [3.05, 3.63) is 0 Å². The van der Waals surface area contributed by atoms with E-state index in [9.17, 15) is 13.0 Å². The summed E-state index contributed by atoms with van der Waals surface area (Å²) in [6.07, 6.45) is 0.0575. The summed E-state index contributed by atoms with van der Waals surface area (Å²) >= 11 is 10.6. The lowest BCUT2D eigenvalue weighted by Gasteiger charge is -1.90. The second-order valence-electron chi connectivity index (χ2n) is 1.95. The molecule has 1 aliphatic rings. The standard InChI is InChI=1S/C3H3Cl2O3S/c4-3(5)1-2(3)9(6,7)8/h2H,1H2. The molecule has 0 bridgehead atoms. The van der Waals surface area contributed by atoms with Crippen LogP contribution in [0.5, 0.6) is 0 Å². The predicted molar refractivity (Wildman–Crippen MR) is 32.4 cm³/mol. The Hall–Kier alpha value is 0.490. The van der Waals surface area contributed by atoms with E-state index in [1.807, 2.05) is 0 Å². The van der Waals surface area contributed by atoms with E-state index in [0.29, 0.717) is 0 Å². The minimum atomic E-state index is -4.25. The first-order chi connectivity index (χ1) is 3.84. The van der Waals surface area contributed by atoms with E-state index >= 15 is 0 Å². The molecule has 0 aromatic rings. The Morgan fingerprint density at radius 2 is 1.78 bits per heavy atom. The van der Waals surface area contributed by atoms with Gasteiger partial charge in [-0.15, -0.1) is 23.2 Å². The van der Waals surface area contributed by atoms with E-state index in [1.165, 1.54) is 0 Å². The molecule has 1 unspecified atom stereocenters. The van der Waals surface area contributed by atoms with Gasteiger partial charge in [0.1, 0.15) is 9.58 Å². The summed E-state index contributed by atoms with van der Waals surface area (Å²) in [5, 5.41) is -1.09. The van der Waals surface area contributed by atoms with Gasteiger partial charge < -0.3 is 0 Å². The number of hydrogen-bond acceptors (Lipinski definition) is 2. The predicted octanol–water partition coefficient (Wildman–Crippen LogP) is 0.693. The average molecular weight is 190 g/mol. The Morgan fingerprint density at radius 1 is 1.44 bits per heavy atom. The molecule has 1 fully saturated rings. The molecular weight excluding hydrogens is 187 g/mol. The van der Waals surface area contributed by atoms with Crippen LogP contribution in [-0.2, 0) is 14.7 Å². The normalized spacial score (nSPS) is 32.1. The number of rotatable bonds is 1. The Morgan fingerprint density at radius 3 is 1.78 bits per heavy atom. The molecule has 6 heteroatoms. The summed E-state index contributed by atoms with van der Waals surface area (Å²) in [6.45, 7) is 0. The summed E-state index contributed by atoms with van der Waals surface area (Å²) in [5.41, 5.74) is 0. The van der Waals surface area contributed by atoms with E-state index in [1.54, 1.807) is 0 Å². The molecule has 0 spiro atoms. The molecule has 0 amide bonds. The van der Waals surface area contributed by atoms with Crippen LogP contribution in [0.4, 0.5) is 0 Å². The van der Waals surface area contributed by atoms with Crippen LogP contribution in [0.3, 0.4) is 0 Å².